The van der Waals surface area contributed by atoms with E-state index in [-0.39, 0.29) is 11.0 Å². The summed E-state index contributed by atoms with van der Waals surface area (Å²) >= 11 is 5.47. The molecule has 1 atom stereocenters. The van der Waals surface area contributed by atoms with Crippen LogP contribution in [-0.4, -0.2) is 25.1 Å². The van der Waals surface area contributed by atoms with E-state index in [9.17, 15) is 0 Å². The number of nitrogens with zero attached hydrogens (tertiary/aromatic N) is 1. The van der Waals surface area contributed by atoms with Crippen molar-refractivity contribution < 1.29 is 8.95 Å². The molecule has 1 heterocycles. The van der Waals surface area contributed by atoms with E-state index >= 15 is 0 Å². The van der Waals surface area contributed by atoms with Crippen molar-refractivity contribution in [1.82, 2.24) is 5.16 Å². The molecule has 2 saturated carbocycles. The Labute approximate surface area is 253 Å². The number of hydrogen-bond acceptors (Lipinski definition) is 4. The number of hydrogen-bond donors (Lipinski definition) is 1. The van der Waals surface area contributed by atoms with Gasteiger partial charge in [0.25, 0.3) is 8.32 Å². The topological polar surface area (TPSA) is 61.3 Å². The van der Waals surface area contributed by atoms with Crippen LogP contribution in [0.1, 0.15) is 114 Å². The average Bonchev–Trinajstić information content (AvgIpc) is 3.66. The van der Waals surface area contributed by atoms with Gasteiger partial charge in [0, 0.05) is 30.4 Å². The average molecular weight is 589 g/mol. The van der Waals surface area contributed by atoms with Crippen molar-refractivity contribution in [3.63, 3.8) is 0 Å². The highest BCUT2D eigenvalue weighted by atomic mass is 32.1. The quantitative estimate of drug-likeness (QED) is 0.163. The molecule has 2 N–H and O–H groups in total. The fourth-order valence-corrected chi connectivity index (χ4v) is 12.0. The summed E-state index contributed by atoms with van der Waals surface area (Å²) in [4.78, 5) is 0.535. The summed E-state index contributed by atoms with van der Waals surface area (Å²) in [6.45, 7) is 12.2. The van der Waals surface area contributed by atoms with Crippen molar-refractivity contribution in [3.8, 4) is 0 Å². The van der Waals surface area contributed by atoms with E-state index < -0.39 is 8.32 Å². The van der Waals surface area contributed by atoms with Crippen molar-refractivity contribution >= 4 is 35.9 Å². The molecular weight excluding hydrogens is 541 g/mol. The molecule has 4 nitrogen and oxygen atoms in total. The first-order valence-electron chi connectivity index (χ1n) is 15.6. The smallest absolute Gasteiger partial charge is 0.261 e. The highest BCUT2D eigenvalue weighted by Gasteiger charge is 2.50. The Balaban J connectivity index is 1.41. The molecule has 0 bridgehead atoms. The van der Waals surface area contributed by atoms with Gasteiger partial charge in [0.1, 0.15) is 5.76 Å². The highest BCUT2D eigenvalue weighted by molar-refractivity contribution is 7.80. The Morgan fingerprint density at radius 2 is 1.59 bits per heavy atom. The first-order chi connectivity index (χ1) is 19.6. The molecular formula is C35H48N2O2SSi. The molecule has 1 unspecified atom stereocenters. The molecule has 0 spiro atoms. The largest absolute Gasteiger partial charge is 0.407 e. The fourth-order valence-electron chi connectivity index (χ4n) is 7.20. The van der Waals surface area contributed by atoms with Gasteiger partial charge in [-0.25, -0.2) is 0 Å². The zero-order valence-electron chi connectivity index (χ0n) is 25.6. The van der Waals surface area contributed by atoms with Crippen LogP contribution in [-0.2, 0) is 4.43 Å². The van der Waals surface area contributed by atoms with Crippen molar-refractivity contribution in [2.24, 2.45) is 17.6 Å². The van der Waals surface area contributed by atoms with E-state index in [0.29, 0.717) is 29.9 Å². The van der Waals surface area contributed by atoms with Gasteiger partial charge in [-0.1, -0.05) is 113 Å². The molecule has 0 aliphatic heterocycles. The Morgan fingerprint density at radius 3 is 2.07 bits per heavy atom. The van der Waals surface area contributed by atoms with Crippen molar-refractivity contribution in [3.05, 3.63) is 77.7 Å². The molecule has 5 rings (SSSR count). The Morgan fingerprint density at radius 1 is 1.00 bits per heavy atom. The molecule has 6 heteroatoms. The number of nitrogens with two attached hydrogens (primary N) is 1. The molecule has 0 radical (unpaired) electrons. The van der Waals surface area contributed by atoms with Gasteiger partial charge in [0.15, 0.2) is 0 Å². The first kappa shape index (κ1) is 30.2. The maximum Gasteiger partial charge on any atom is 0.261 e. The second-order valence-corrected chi connectivity index (χ2v) is 18.8. The molecule has 1 aromatic heterocycles. The summed E-state index contributed by atoms with van der Waals surface area (Å²) in [7, 11) is -2.62. The summed E-state index contributed by atoms with van der Waals surface area (Å²) in [5.74, 6) is 3.90. The van der Waals surface area contributed by atoms with Crippen LogP contribution in [0, 0.1) is 11.8 Å². The van der Waals surface area contributed by atoms with Crippen molar-refractivity contribution in [1.29, 1.82) is 0 Å². The van der Waals surface area contributed by atoms with Crippen LogP contribution in [0.15, 0.2) is 65.2 Å². The van der Waals surface area contributed by atoms with Gasteiger partial charge < -0.3 is 14.7 Å². The van der Waals surface area contributed by atoms with Crippen LogP contribution in [0.5, 0.6) is 0 Å². The van der Waals surface area contributed by atoms with Gasteiger partial charge in [-0.15, -0.1) is 0 Å². The Kier molecular flexibility index (Phi) is 9.22. The van der Waals surface area contributed by atoms with Gasteiger partial charge in [-0.2, -0.15) is 0 Å². The zero-order valence-corrected chi connectivity index (χ0v) is 27.4. The predicted molar refractivity (Wildman–Crippen MR) is 176 cm³/mol. The van der Waals surface area contributed by atoms with Crippen LogP contribution in [0.2, 0.25) is 5.04 Å². The number of thiocarbonyl (C=S) groups is 1. The third-order valence-electron chi connectivity index (χ3n) is 9.22. The third-order valence-corrected chi connectivity index (χ3v) is 14.4. The van der Waals surface area contributed by atoms with Crippen molar-refractivity contribution in [2.75, 3.05) is 6.61 Å². The molecule has 220 valence electrons. The summed E-state index contributed by atoms with van der Waals surface area (Å²) in [6.07, 6.45) is 7.65. The lowest BCUT2D eigenvalue weighted by Gasteiger charge is -2.43. The summed E-state index contributed by atoms with van der Waals surface area (Å²) in [5.41, 5.74) is 8.66. The molecule has 0 saturated heterocycles. The van der Waals surface area contributed by atoms with E-state index in [0.717, 1.165) is 29.7 Å². The van der Waals surface area contributed by atoms with Gasteiger partial charge in [-0.3, -0.25) is 0 Å². The lowest BCUT2D eigenvalue weighted by molar-refractivity contribution is 0.189. The third kappa shape index (κ3) is 6.55. The second kappa shape index (κ2) is 12.5. The van der Waals surface area contributed by atoms with E-state index in [1.165, 1.54) is 48.0 Å². The molecule has 3 aromatic rings. The lowest BCUT2D eigenvalue weighted by Crippen LogP contribution is -2.66. The number of rotatable bonds is 13. The molecule has 2 aliphatic rings. The minimum atomic E-state index is -2.62. The van der Waals surface area contributed by atoms with E-state index in [1.807, 2.05) is 0 Å². The number of aromatic nitrogens is 1. The van der Waals surface area contributed by atoms with Gasteiger partial charge in [0.2, 0.25) is 0 Å². The van der Waals surface area contributed by atoms with E-state index in [4.69, 9.17) is 32.1 Å². The highest BCUT2D eigenvalue weighted by Crippen LogP contribution is 2.53. The molecule has 2 aromatic carbocycles. The normalized spacial score (nSPS) is 20.1. The lowest BCUT2D eigenvalue weighted by atomic mass is 9.69. The minimum Gasteiger partial charge on any atom is -0.407 e. The first-order valence-corrected chi connectivity index (χ1v) is 17.9. The molecule has 2 fully saturated rings. The fraction of sp³-hybridized carbons (Fsp3) is 0.543. The standard InChI is InChI=1S/C35H48N2O2SSi/c1-24(2)20-25-21-28(22-25)34-32(26-16-17-26)33(37-39-34)27(23-31(36)40)18-19-38-41(35(3,4)5,29-12-8-6-9-13-29)30-14-10-7-11-15-30/h6-15,24-28H,16-23H2,1-5H3,(H2,36,40). The second-order valence-electron chi connectivity index (χ2n) is 14.0. The van der Waals surface area contributed by atoms with Gasteiger partial charge in [0.05, 0.1) is 10.7 Å². The molecule has 2 aliphatic carbocycles. The van der Waals surface area contributed by atoms with Crippen molar-refractivity contribution in [2.45, 2.75) is 102 Å². The summed E-state index contributed by atoms with van der Waals surface area (Å²) < 4.78 is 13.4. The van der Waals surface area contributed by atoms with E-state index in [2.05, 4.69) is 95.3 Å². The maximum absolute atomic E-state index is 7.25. The van der Waals surface area contributed by atoms with Gasteiger partial charge >= 0.3 is 0 Å². The number of benzene rings is 2. The van der Waals surface area contributed by atoms with Crippen LogP contribution in [0.3, 0.4) is 0 Å². The summed E-state index contributed by atoms with van der Waals surface area (Å²) in [5, 5.41) is 7.30. The molecule has 41 heavy (non-hydrogen) atoms. The zero-order chi connectivity index (χ0) is 29.2. The van der Waals surface area contributed by atoms with E-state index in [1.54, 1.807) is 0 Å². The Hall–Kier alpha value is -2.28. The Bertz CT molecular complexity index is 1250. The van der Waals surface area contributed by atoms with Crippen LogP contribution in [0.25, 0.3) is 0 Å². The maximum atomic E-state index is 7.25. The molecule has 0 amide bonds. The van der Waals surface area contributed by atoms with Crippen LogP contribution < -0.4 is 16.1 Å². The van der Waals surface area contributed by atoms with Crippen LogP contribution in [0.4, 0.5) is 0 Å². The summed E-state index contributed by atoms with van der Waals surface area (Å²) in [6, 6.07) is 21.7. The predicted octanol–water partition coefficient (Wildman–Crippen LogP) is 7.82. The van der Waals surface area contributed by atoms with Crippen LogP contribution >= 0.6 is 12.2 Å². The SMILES string of the molecule is CC(C)CC1CC(c2onc(C(CCO[Si](c3ccccc3)(c3ccccc3)C(C)(C)C)CC(N)=S)c2C2CC2)C1. The minimum absolute atomic E-state index is 0.0641. The monoisotopic (exact) mass is 588 g/mol. The van der Waals surface area contributed by atoms with Gasteiger partial charge in [-0.05, 0) is 71.7 Å².